The number of benzene rings is 1. The van der Waals surface area contributed by atoms with Gasteiger partial charge in [-0.1, -0.05) is 24.3 Å². The van der Waals surface area contributed by atoms with Crippen LogP contribution in [0.4, 0.5) is 5.69 Å². The molecule has 2 aromatic rings. The van der Waals surface area contributed by atoms with E-state index in [1.165, 1.54) is 5.56 Å². The SMILES string of the molecule is CC(=O)CN1CCN(C(=O)c2cccc(C3=Nc4ccccc4C3)n2)CC1. The first-order valence-corrected chi connectivity index (χ1v) is 9.24. The van der Waals surface area contributed by atoms with Gasteiger partial charge in [-0.25, -0.2) is 4.98 Å². The van der Waals surface area contributed by atoms with Gasteiger partial charge >= 0.3 is 0 Å². The van der Waals surface area contributed by atoms with Crippen LogP contribution in [-0.2, 0) is 11.2 Å². The van der Waals surface area contributed by atoms with E-state index in [2.05, 4.69) is 20.9 Å². The van der Waals surface area contributed by atoms with Crippen LogP contribution in [0, 0.1) is 0 Å². The molecule has 1 fully saturated rings. The van der Waals surface area contributed by atoms with Crippen LogP contribution in [-0.4, -0.2) is 64.9 Å². The van der Waals surface area contributed by atoms with Crippen molar-refractivity contribution in [2.24, 2.45) is 4.99 Å². The summed E-state index contributed by atoms with van der Waals surface area (Å²) in [5, 5.41) is 0. The van der Waals surface area contributed by atoms with Crippen molar-refractivity contribution in [3.8, 4) is 0 Å². The third-order valence-corrected chi connectivity index (χ3v) is 4.97. The van der Waals surface area contributed by atoms with E-state index in [9.17, 15) is 9.59 Å². The zero-order chi connectivity index (χ0) is 18.8. The van der Waals surface area contributed by atoms with Crippen molar-refractivity contribution in [3.63, 3.8) is 0 Å². The Bertz CT molecular complexity index is 914. The Morgan fingerprint density at radius 2 is 1.78 bits per heavy atom. The number of aromatic nitrogens is 1. The molecule has 0 N–H and O–H groups in total. The van der Waals surface area contributed by atoms with Crippen LogP contribution in [0.3, 0.4) is 0 Å². The highest BCUT2D eigenvalue weighted by Crippen LogP contribution is 2.27. The Labute approximate surface area is 158 Å². The molecule has 6 heteroatoms. The minimum atomic E-state index is -0.0598. The van der Waals surface area contributed by atoms with Crippen molar-refractivity contribution in [1.82, 2.24) is 14.8 Å². The average molecular weight is 362 g/mol. The third-order valence-electron chi connectivity index (χ3n) is 4.97. The van der Waals surface area contributed by atoms with Crippen LogP contribution < -0.4 is 0 Å². The summed E-state index contributed by atoms with van der Waals surface area (Å²) < 4.78 is 0. The minimum Gasteiger partial charge on any atom is -0.335 e. The lowest BCUT2D eigenvalue weighted by molar-refractivity contribution is -0.118. The van der Waals surface area contributed by atoms with Gasteiger partial charge in [0.05, 0.1) is 23.6 Å². The van der Waals surface area contributed by atoms with Gasteiger partial charge in [0, 0.05) is 32.6 Å². The molecule has 6 nitrogen and oxygen atoms in total. The normalized spacial score (nSPS) is 16.8. The van der Waals surface area contributed by atoms with Crippen molar-refractivity contribution in [3.05, 3.63) is 59.4 Å². The second kappa shape index (κ2) is 7.40. The summed E-state index contributed by atoms with van der Waals surface area (Å²) >= 11 is 0. The molecule has 0 atom stereocenters. The first-order valence-electron chi connectivity index (χ1n) is 9.24. The number of Topliss-reactive ketones (excluding diaryl/α,β-unsaturated/α-hetero) is 1. The van der Waals surface area contributed by atoms with E-state index in [0.717, 1.165) is 23.5 Å². The molecule has 1 aromatic heterocycles. The Balaban J connectivity index is 1.46. The fourth-order valence-corrected chi connectivity index (χ4v) is 3.58. The van der Waals surface area contributed by atoms with Crippen molar-refractivity contribution >= 4 is 23.1 Å². The number of piperazine rings is 1. The highest BCUT2D eigenvalue weighted by Gasteiger charge is 2.24. The maximum absolute atomic E-state index is 12.9. The second-order valence-corrected chi connectivity index (χ2v) is 7.04. The van der Waals surface area contributed by atoms with Gasteiger partial charge in [-0.3, -0.25) is 19.5 Å². The predicted molar refractivity (Wildman–Crippen MR) is 104 cm³/mol. The van der Waals surface area contributed by atoms with Crippen LogP contribution in [0.1, 0.15) is 28.7 Å². The quantitative estimate of drug-likeness (QED) is 0.836. The molecule has 4 rings (SSSR count). The molecule has 1 amide bonds. The van der Waals surface area contributed by atoms with Crippen LogP contribution in [0.2, 0.25) is 0 Å². The molecule has 0 spiro atoms. The Hall–Kier alpha value is -2.86. The lowest BCUT2D eigenvalue weighted by atomic mass is 10.1. The van der Waals surface area contributed by atoms with Gasteiger partial charge in [0.2, 0.25) is 0 Å². The molecule has 2 aliphatic heterocycles. The predicted octanol–water partition coefficient (Wildman–Crippen LogP) is 2.11. The van der Waals surface area contributed by atoms with E-state index in [1.54, 1.807) is 13.0 Å². The summed E-state index contributed by atoms with van der Waals surface area (Å²) in [5.41, 5.74) is 4.27. The summed E-state index contributed by atoms with van der Waals surface area (Å²) in [7, 11) is 0. The van der Waals surface area contributed by atoms with Crippen molar-refractivity contribution in [2.45, 2.75) is 13.3 Å². The lowest BCUT2D eigenvalue weighted by Gasteiger charge is -2.34. The first kappa shape index (κ1) is 17.5. The summed E-state index contributed by atoms with van der Waals surface area (Å²) in [4.78, 5) is 37.3. The third kappa shape index (κ3) is 3.80. The number of carbonyl (C=O) groups excluding carboxylic acids is 2. The largest absolute Gasteiger partial charge is 0.335 e. The van der Waals surface area contributed by atoms with E-state index in [-0.39, 0.29) is 11.7 Å². The molecule has 0 bridgehead atoms. The first-order chi connectivity index (χ1) is 13.1. The van der Waals surface area contributed by atoms with Gasteiger partial charge in [0.25, 0.3) is 5.91 Å². The van der Waals surface area contributed by atoms with E-state index < -0.39 is 0 Å². The van der Waals surface area contributed by atoms with E-state index in [0.29, 0.717) is 38.4 Å². The number of para-hydroxylation sites is 1. The van der Waals surface area contributed by atoms with Crippen molar-refractivity contribution in [1.29, 1.82) is 0 Å². The highest BCUT2D eigenvalue weighted by molar-refractivity contribution is 6.06. The molecule has 2 aliphatic rings. The Morgan fingerprint density at radius 3 is 2.52 bits per heavy atom. The number of hydrogen-bond donors (Lipinski definition) is 0. The summed E-state index contributed by atoms with van der Waals surface area (Å²) in [6.07, 6.45) is 0.741. The van der Waals surface area contributed by atoms with Crippen LogP contribution >= 0.6 is 0 Å². The van der Waals surface area contributed by atoms with E-state index >= 15 is 0 Å². The summed E-state index contributed by atoms with van der Waals surface area (Å²) in [6.45, 7) is 4.71. The minimum absolute atomic E-state index is 0.0598. The molecule has 138 valence electrons. The zero-order valence-electron chi connectivity index (χ0n) is 15.4. The summed E-state index contributed by atoms with van der Waals surface area (Å²) in [5.74, 6) is 0.0953. The molecule has 3 heterocycles. The number of pyridine rings is 1. The second-order valence-electron chi connectivity index (χ2n) is 7.04. The molecule has 0 saturated carbocycles. The molecule has 0 unspecified atom stereocenters. The van der Waals surface area contributed by atoms with E-state index in [1.807, 2.05) is 35.2 Å². The molecular formula is C21H22N4O2. The fourth-order valence-electron chi connectivity index (χ4n) is 3.58. The Kier molecular flexibility index (Phi) is 4.81. The van der Waals surface area contributed by atoms with Gasteiger partial charge in [-0.05, 0) is 30.7 Å². The summed E-state index contributed by atoms with van der Waals surface area (Å²) in [6, 6.07) is 13.6. The number of fused-ring (bicyclic) bond motifs is 1. The molecular weight excluding hydrogens is 340 g/mol. The van der Waals surface area contributed by atoms with Gasteiger partial charge < -0.3 is 4.90 Å². The van der Waals surface area contributed by atoms with Gasteiger partial charge in [-0.2, -0.15) is 0 Å². The number of ketones is 1. The van der Waals surface area contributed by atoms with Crippen molar-refractivity contribution < 1.29 is 9.59 Å². The topological polar surface area (TPSA) is 65.9 Å². The molecule has 27 heavy (non-hydrogen) atoms. The van der Waals surface area contributed by atoms with Gasteiger partial charge in [0.15, 0.2) is 0 Å². The van der Waals surface area contributed by atoms with Crippen molar-refractivity contribution in [2.75, 3.05) is 32.7 Å². The average Bonchev–Trinajstić information content (AvgIpc) is 3.12. The standard InChI is InChI=1S/C21H22N4O2/c1-15(26)14-24-9-11-25(12-10-24)21(27)19-8-4-7-18(23-19)20-13-16-5-2-3-6-17(16)22-20/h2-8H,9-14H2,1H3. The van der Waals surface area contributed by atoms with Crippen LogP contribution in [0.25, 0.3) is 0 Å². The molecule has 1 saturated heterocycles. The number of amides is 1. The fraction of sp³-hybridized carbons (Fsp3) is 0.333. The molecule has 1 aromatic carbocycles. The number of rotatable bonds is 4. The number of hydrogen-bond acceptors (Lipinski definition) is 5. The maximum Gasteiger partial charge on any atom is 0.272 e. The van der Waals surface area contributed by atoms with Crippen LogP contribution in [0.5, 0.6) is 0 Å². The number of nitrogens with zero attached hydrogens (tertiary/aromatic N) is 4. The number of carbonyl (C=O) groups is 2. The molecule has 0 radical (unpaired) electrons. The Morgan fingerprint density at radius 1 is 1.00 bits per heavy atom. The monoisotopic (exact) mass is 362 g/mol. The van der Waals surface area contributed by atoms with E-state index in [4.69, 9.17) is 0 Å². The number of aliphatic imine (C=N–C) groups is 1. The maximum atomic E-state index is 12.9. The van der Waals surface area contributed by atoms with Crippen LogP contribution in [0.15, 0.2) is 47.5 Å². The van der Waals surface area contributed by atoms with Gasteiger partial charge in [-0.15, -0.1) is 0 Å². The zero-order valence-corrected chi connectivity index (χ0v) is 15.4. The smallest absolute Gasteiger partial charge is 0.272 e. The molecule has 0 aliphatic carbocycles. The van der Waals surface area contributed by atoms with Gasteiger partial charge in [0.1, 0.15) is 11.5 Å². The lowest BCUT2D eigenvalue weighted by Crippen LogP contribution is -2.49. The highest BCUT2D eigenvalue weighted by atomic mass is 16.2.